The molecule has 6 nitrogen and oxygen atoms in total. The van der Waals surface area contributed by atoms with Gasteiger partial charge in [-0.25, -0.2) is 9.07 Å². The van der Waals surface area contributed by atoms with E-state index in [1.807, 2.05) is 20.8 Å². The number of rotatable bonds is 5. The molecule has 1 heterocycles. The van der Waals surface area contributed by atoms with Crippen molar-refractivity contribution in [2.24, 2.45) is 0 Å². The third kappa shape index (κ3) is 4.25. The smallest absolute Gasteiger partial charge is 0.258 e. The van der Waals surface area contributed by atoms with E-state index in [0.29, 0.717) is 16.8 Å². The predicted molar refractivity (Wildman–Crippen MR) is 105 cm³/mol. The molecule has 0 aliphatic rings. The minimum absolute atomic E-state index is 0.0400. The zero-order valence-corrected chi connectivity index (χ0v) is 15.9. The number of carbonyl (C=O) groups excluding carboxylic acids is 2. The molecule has 7 heteroatoms. The van der Waals surface area contributed by atoms with Gasteiger partial charge in [-0.1, -0.05) is 12.1 Å². The topological polar surface area (TPSA) is 76.0 Å². The molecule has 3 rings (SSSR count). The van der Waals surface area contributed by atoms with Crippen LogP contribution in [0.3, 0.4) is 0 Å². The molecule has 0 saturated carbocycles. The highest BCUT2D eigenvalue weighted by atomic mass is 19.1. The summed E-state index contributed by atoms with van der Waals surface area (Å²) in [6.07, 6.45) is 2.84. The summed E-state index contributed by atoms with van der Waals surface area (Å²) in [4.78, 5) is 24.6. The van der Waals surface area contributed by atoms with Crippen molar-refractivity contribution >= 4 is 17.5 Å². The number of hydrogen-bond donors (Lipinski definition) is 2. The van der Waals surface area contributed by atoms with Crippen molar-refractivity contribution in [3.8, 4) is 5.69 Å². The molecular weight excluding hydrogens is 359 g/mol. The van der Waals surface area contributed by atoms with E-state index < -0.39 is 5.82 Å². The van der Waals surface area contributed by atoms with Crippen molar-refractivity contribution in [2.75, 3.05) is 5.32 Å². The zero-order valence-electron chi connectivity index (χ0n) is 15.9. The third-order valence-corrected chi connectivity index (χ3v) is 4.10. The van der Waals surface area contributed by atoms with E-state index in [1.165, 1.54) is 23.1 Å². The Morgan fingerprint density at radius 3 is 2.50 bits per heavy atom. The Kier molecular flexibility index (Phi) is 5.54. The first-order valence-electron chi connectivity index (χ1n) is 8.87. The Hall–Kier alpha value is -3.48. The lowest BCUT2D eigenvalue weighted by Gasteiger charge is -2.11. The van der Waals surface area contributed by atoms with Gasteiger partial charge in [0.25, 0.3) is 11.8 Å². The highest BCUT2D eigenvalue weighted by molar-refractivity contribution is 6.04. The number of carbonyl (C=O) groups is 2. The molecule has 0 atom stereocenters. The Morgan fingerprint density at radius 2 is 1.82 bits per heavy atom. The molecule has 0 fully saturated rings. The van der Waals surface area contributed by atoms with E-state index in [1.54, 1.807) is 36.4 Å². The van der Waals surface area contributed by atoms with Gasteiger partial charge in [0, 0.05) is 23.5 Å². The first kappa shape index (κ1) is 19.3. The summed E-state index contributed by atoms with van der Waals surface area (Å²) >= 11 is 0. The van der Waals surface area contributed by atoms with Crippen LogP contribution in [0.25, 0.3) is 5.69 Å². The van der Waals surface area contributed by atoms with Crippen LogP contribution < -0.4 is 10.6 Å². The second-order valence-electron chi connectivity index (χ2n) is 6.74. The number of halogens is 1. The van der Waals surface area contributed by atoms with Gasteiger partial charge in [0.05, 0.1) is 11.8 Å². The maximum Gasteiger partial charge on any atom is 0.258 e. The van der Waals surface area contributed by atoms with Crippen molar-refractivity contribution in [1.82, 2.24) is 15.1 Å². The fourth-order valence-electron chi connectivity index (χ4n) is 2.69. The Labute approximate surface area is 162 Å². The molecule has 0 bridgehead atoms. The minimum Gasteiger partial charge on any atom is -0.350 e. The molecule has 0 aliphatic carbocycles. The molecule has 144 valence electrons. The van der Waals surface area contributed by atoms with E-state index in [2.05, 4.69) is 15.7 Å². The molecule has 2 amide bonds. The van der Waals surface area contributed by atoms with Crippen molar-refractivity contribution in [3.63, 3.8) is 0 Å². The van der Waals surface area contributed by atoms with E-state index >= 15 is 0 Å². The SMILES string of the molecule is Cc1cc(C(=O)NC(C)C)ccc1NC(=O)c1cnn(-c2ccccc2F)c1. The number of benzene rings is 2. The molecule has 0 radical (unpaired) electrons. The monoisotopic (exact) mass is 380 g/mol. The number of anilines is 1. The first-order chi connectivity index (χ1) is 13.3. The van der Waals surface area contributed by atoms with Crippen molar-refractivity contribution < 1.29 is 14.0 Å². The second kappa shape index (κ2) is 8.04. The van der Waals surface area contributed by atoms with Crippen LogP contribution in [0.15, 0.2) is 54.9 Å². The molecule has 0 aliphatic heterocycles. The lowest BCUT2D eigenvalue weighted by molar-refractivity contribution is 0.0942. The molecule has 2 aromatic carbocycles. The number of aryl methyl sites for hydroxylation is 1. The first-order valence-corrected chi connectivity index (χ1v) is 8.87. The number of nitrogens with one attached hydrogen (secondary N) is 2. The molecule has 2 N–H and O–H groups in total. The van der Waals surface area contributed by atoms with E-state index in [4.69, 9.17) is 0 Å². The van der Waals surface area contributed by atoms with Crippen LogP contribution in [0.2, 0.25) is 0 Å². The third-order valence-electron chi connectivity index (χ3n) is 4.10. The Morgan fingerprint density at radius 1 is 1.07 bits per heavy atom. The van der Waals surface area contributed by atoms with Gasteiger partial charge in [-0.05, 0) is 56.7 Å². The average molecular weight is 380 g/mol. The maximum absolute atomic E-state index is 13.9. The largest absolute Gasteiger partial charge is 0.350 e. The number of para-hydroxylation sites is 1. The van der Waals surface area contributed by atoms with E-state index in [-0.39, 0.29) is 23.5 Å². The van der Waals surface area contributed by atoms with Crippen LogP contribution in [0.1, 0.15) is 40.1 Å². The van der Waals surface area contributed by atoms with Crippen LogP contribution in [0.5, 0.6) is 0 Å². The molecule has 0 unspecified atom stereocenters. The van der Waals surface area contributed by atoms with Crippen LogP contribution in [0.4, 0.5) is 10.1 Å². The quantitative estimate of drug-likeness (QED) is 0.708. The van der Waals surface area contributed by atoms with E-state index in [9.17, 15) is 14.0 Å². The molecule has 0 saturated heterocycles. The highest BCUT2D eigenvalue weighted by Crippen LogP contribution is 2.19. The lowest BCUT2D eigenvalue weighted by atomic mass is 10.1. The second-order valence-corrected chi connectivity index (χ2v) is 6.74. The van der Waals surface area contributed by atoms with Crippen molar-refractivity contribution in [3.05, 3.63) is 77.4 Å². The summed E-state index contributed by atoms with van der Waals surface area (Å²) in [5.74, 6) is -0.962. The van der Waals surface area contributed by atoms with Gasteiger partial charge >= 0.3 is 0 Å². The van der Waals surface area contributed by atoms with E-state index in [0.717, 1.165) is 5.56 Å². The molecule has 0 spiro atoms. The molecule has 1 aromatic heterocycles. The molecular formula is C21H21FN4O2. The normalized spacial score (nSPS) is 10.8. The Bertz CT molecular complexity index is 1030. The van der Waals surface area contributed by atoms with Gasteiger partial charge in [0.1, 0.15) is 11.5 Å². The van der Waals surface area contributed by atoms with Gasteiger partial charge in [-0.15, -0.1) is 0 Å². The number of nitrogens with zero attached hydrogens (tertiary/aromatic N) is 2. The number of aromatic nitrogens is 2. The van der Waals surface area contributed by atoms with Crippen LogP contribution >= 0.6 is 0 Å². The molecule has 28 heavy (non-hydrogen) atoms. The summed E-state index contributed by atoms with van der Waals surface area (Å²) in [5.41, 5.74) is 2.43. The summed E-state index contributed by atoms with van der Waals surface area (Å²) in [7, 11) is 0. The highest BCUT2D eigenvalue weighted by Gasteiger charge is 2.14. The fraction of sp³-hybridized carbons (Fsp3) is 0.190. The minimum atomic E-state index is -0.427. The standard InChI is InChI=1S/C21H21FN4O2/c1-13(2)24-20(27)15-8-9-18(14(3)10-15)25-21(28)16-11-23-26(12-16)19-7-5-4-6-17(19)22/h4-13H,1-3H3,(H,24,27)(H,25,28). The van der Waals surface area contributed by atoms with Crippen LogP contribution in [-0.2, 0) is 0 Å². The van der Waals surface area contributed by atoms with Gasteiger partial charge in [-0.2, -0.15) is 5.10 Å². The van der Waals surface area contributed by atoms with Crippen LogP contribution in [0, 0.1) is 12.7 Å². The molecule has 3 aromatic rings. The van der Waals surface area contributed by atoms with Gasteiger partial charge in [-0.3, -0.25) is 9.59 Å². The lowest BCUT2D eigenvalue weighted by Crippen LogP contribution is -2.30. The summed E-state index contributed by atoms with van der Waals surface area (Å²) in [6.45, 7) is 5.59. The van der Waals surface area contributed by atoms with Gasteiger partial charge in [0.2, 0.25) is 0 Å². The number of hydrogen-bond acceptors (Lipinski definition) is 3. The maximum atomic E-state index is 13.9. The summed E-state index contributed by atoms with van der Waals surface area (Å²) < 4.78 is 15.2. The number of amides is 2. The fourth-order valence-corrected chi connectivity index (χ4v) is 2.69. The summed E-state index contributed by atoms with van der Waals surface area (Å²) in [6, 6.07) is 11.3. The Balaban J connectivity index is 1.75. The van der Waals surface area contributed by atoms with Crippen molar-refractivity contribution in [2.45, 2.75) is 26.8 Å². The average Bonchev–Trinajstić information content (AvgIpc) is 3.13. The van der Waals surface area contributed by atoms with Gasteiger partial charge < -0.3 is 10.6 Å². The zero-order chi connectivity index (χ0) is 20.3. The van der Waals surface area contributed by atoms with Crippen molar-refractivity contribution in [1.29, 1.82) is 0 Å². The van der Waals surface area contributed by atoms with Crippen LogP contribution in [-0.4, -0.2) is 27.6 Å². The summed E-state index contributed by atoms with van der Waals surface area (Å²) in [5, 5.41) is 9.68. The van der Waals surface area contributed by atoms with Gasteiger partial charge in [0.15, 0.2) is 0 Å². The predicted octanol–water partition coefficient (Wildman–Crippen LogP) is 3.71.